The molecule has 4 rings (SSSR count). The smallest absolute Gasteiger partial charge is 0.224 e. The molecule has 4 aromatic rings. The Hall–Kier alpha value is -2.06. The van der Waals surface area contributed by atoms with Crippen LogP contribution >= 0.6 is 55.1 Å². The second kappa shape index (κ2) is 10.3. The molecule has 0 unspecified atom stereocenters. The van der Waals surface area contributed by atoms with Crippen LogP contribution in [0.5, 0.6) is 5.75 Å². The number of hydrogen-bond donors (Lipinski definition) is 1. The van der Waals surface area contributed by atoms with E-state index in [4.69, 9.17) is 27.9 Å². The van der Waals surface area contributed by atoms with E-state index in [0.29, 0.717) is 28.3 Å². The Balaban J connectivity index is 1.48. The molecule has 0 amide bonds. The lowest BCUT2D eigenvalue weighted by Gasteiger charge is -2.12. The second-order valence-electron chi connectivity index (χ2n) is 6.88. The van der Waals surface area contributed by atoms with E-state index < -0.39 is 0 Å². The summed E-state index contributed by atoms with van der Waals surface area (Å²) in [7, 11) is 0. The van der Waals surface area contributed by atoms with Crippen molar-refractivity contribution in [1.29, 1.82) is 0 Å². The first-order valence-corrected chi connectivity index (χ1v) is 12.1. The quantitative estimate of drug-likeness (QED) is 0.174. The third kappa shape index (κ3) is 5.12. The van der Waals surface area contributed by atoms with E-state index in [1.54, 1.807) is 18.3 Å². The van der Waals surface area contributed by atoms with Gasteiger partial charge < -0.3 is 9.30 Å². The average molecular weight is 597 g/mol. The van der Waals surface area contributed by atoms with Crippen molar-refractivity contribution in [1.82, 2.24) is 9.55 Å². The third-order valence-electron chi connectivity index (χ3n) is 4.76. The van der Waals surface area contributed by atoms with E-state index in [1.807, 2.05) is 42.5 Å². The molecule has 0 aliphatic carbocycles. The van der Waals surface area contributed by atoms with Crippen molar-refractivity contribution in [2.45, 2.75) is 20.1 Å². The monoisotopic (exact) mass is 594 g/mol. The van der Waals surface area contributed by atoms with E-state index in [2.05, 4.69) is 58.9 Å². The lowest BCUT2D eigenvalue weighted by molar-refractivity contribution is 0.302. The largest absolute Gasteiger partial charge is 0.486 e. The molecule has 9 heteroatoms. The lowest BCUT2D eigenvalue weighted by Crippen LogP contribution is -2.02. The molecule has 0 spiro atoms. The minimum Gasteiger partial charge on any atom is -0.486 e. The number of rotatable bonds is 7. The van der Waals surface area contributed by atoms with E-state index in [0.717, 1.165) is 37.7 Å². The minimum atomic E-state index is 0.315. The van der Waals surface area contributed by atoms with Gasteiger partial charge in [-0.25, -0.2) is 10.4 Å². The molecule has 0 radical (unpaired) electrons. The zero-order valence-corrected chi connectivity index (χ0v) is 21.6. The van der Waals surface area contributed by atoms with Gasteiger partial charge in [0.15, 0.2) is 0 Å². The van der Waals surface area contributed by atoms with Crippen LogP contribution in [0.1, 0.15) is 18.1 Å². The van der Waals surface area contributed by atoms with Gasteiger partial charge in [0.25, 0.3) is 0 Å². The topological polar surface area (TPSA) is 51.4 Å². The molecule has 1 heterocycles. The predicted molar refractivity (Wildman–Crippen MR) is 139 cm³/mol. The molecule has 3 aromatic carbocycles. The van der Waals surface area contributed by atoms with Gasteiger partial charge in [-0.05, 0) is 80.7 Å². The maximum absolute atomic E-state index is 6.24. The Morgan fingerprint density at radius 2 is 1.84 bits per heavy atom. The lowest BCUT2D eigenvalue weighted by atomic mass is 10.2. The number of aryl methyl sites for hydroxylation is 1. The Kier molecular flexibility index (Phi) is 7.40. The van der Waals surface area contributed by atoms with Crippen LogP contribution in [0.25, 0.3) is 11.0 Å². The fourth-order valence-electron chi connectivity index (χ4n) is 3.23. The summed E-state index contributed by atoms with van der Waals surface area (Å²) in [5.74, 6) is 1.37. The number of benzene rings is 3. The number of hydrogen-bond acceptors (Lipinski definition) is 4. The number of fused-ring (bicyclic) bond motifs is 1. The Morgan fingerprint density at radius 1 is 1.09 bits per heavy atom. The van der Waals surface area contributed by atoms with Crippen molar-refractivity contribution in [2.24, 2.45) is 5.10 Å². The summed E-state index contributed by atoms with van der Waals surface area (Å²) in [4.78, 5) is 4.61. The molecule has 0 aliphatic rings. The van der Waals surface area contributed by atoms with Gasteiger partial charge in [0.1, 0.15) is 12.4 Å². The third-order valence-corrected chi connectivity index (χ3v) is 6.52. The van der Waals surface area contributed by atoms with Gasteiger partial charge in [-0.1, -0.05) is 41.4 Å². The van der Waals surface area contributed by atoms with Gasteiger partial charge in [-0.15, -0.1) is 0 Å². The Bertz CT molecular complexity index is 1280. The average Bonchev–Trinajstić information content (AvgIpc) is 3.11. The van der Waals surface area contributed by atoms with Crippen molar-refractivity contribution in [3.8, 4) is 5.75 Å². The van der Waals surface area contributed by atoms with Gasteiger partial charge in [0.2, 0.25) is 5.95 Å². The van der Waals surface area contributed by atoms with Gasteiger partial charge in [-0.2, -0.15) is 5.10 Å². The van der Waals surface area contributed by atoms with E-state index >= 15 is 0 Å². The SMILES string of the molecule is CCn1c(N/N=C\c2cc(Br)c(OCc3ccc(Cl)cc3Cl)c(Br)c2)nc2ccccc21. The van der Waals surface area contributed by atoms with Crippen LogP contribution in [0.3, 0.4) is 0 Å². The number of hydrazone groups is 1. The Labute approximate surface area is 212 Å². The predicted octanol–water partition coefficient (Wildman–Crippen LogP) is 7.91. The zero-order valence-electron chi connectivity index (χ0n) is 16.9. The molecule has 0 fully saturated rings. The van der Waals surface area contributed by atoms with Crippen molar-refractivity contribution in [3.05, 3.63) is 84.7 Å². The van der Waals surface area contributed by atoms with Crippen LogP contribution in [-0.2, 0) is 13.2 Å². The van der Waals surface area contributed by atoms with E-state index in [-0.39, 0.29) is 0 Å². The van der Waals surface area contributed by atoms with Crippen molar-refractivity contribution in [3.63, 3.8) is 0 Å². The summed E-state index contributed by atoms with van der Waals surface area (Å²) < 4.78 is 9.63. The zero-order chi connectivity index (χ0) is 22.7. The molecule has 0 bridgehead atoms. The minimum absolute atomic E-state index is 0.315. The fraction of sp³-hybridized carbons (Fsp3) is 0.130. The molecule has 1 aromatic heterocycles. The first-order chi connectivity index (χ1) is 15.5. The maximum atomic E-state index is 6.24. The molecule has 5 nitrogen and oxygen atoms in total. The van der Waals surface area contributed by atoms with Gasteiger partial charge in [0, 0.05) is 22.2 Å². The van der Waals surface area contributed by atoms with Crippen LogP contribution in [0.4, 0.5) is 5.95 Å². The molecule has 164 valence electrons. The number of halogens is 4. The summed E-state index contributed by atoms with van der Waals surface area (Å²) in [6, 6.07) is 17.2. The normalized spacial score (nSPS) is 11.4. The molecule has 0 aliphatic heterocycles. The van der Waals surface area contributed by atoms with Crippen molar-refractivity contribution < 1.29 is 4.74 Å². The Morgan fingerprint density at radius 3 is 2.56 bits per heavy atom. The number of nitrogens with one attached hydrogen (secondary N) is 1. The molecular formula is C23H18Br2Cl2N4O. The molecule has 32 heavy (non-hydrogen) atoms. The number of nitrogens with zero attached hydrogens (tertiary/aromatic N) is 3. The van der Waals surface area contributed by atoms with Crippen LogP contribution in [0.15, 0.2) is 68.6 Å². The fourth-order valence-corrected chi connectivity index (χ4v) is 5.14. The number of aromatic nitrogens is 2. The number of anilines is 1. The van der Waals surface area contributed by atoms with Crippen LogP contribution in [0, 0.1) is 0 Å². The van der Waals surface area contributed by atoms with Crippen molar-refractivity contribution >= 4 is 78.3 Å². The van der Waals surface area contributed by atoms with E-state index in [1.165, 1.54) is 0 Å². The van der Waals surface area contributed by atoms with Gasteiger partial charge in [0.05, 0.1) is 26.2 Å². The van der Waals surface area contributed by atoms with Crippen LogP contribution < -0.4 is 10.2 Å². The second-order valence-corrected chi connectivity index (χ2v) is 9.43. The first kappa shape index (κ1) is 23.1. The highest BCUT2D eigenvalue weighted by atomic mass is 79.9. The van der Waals surface area contributed by atoms with Gasteiger partial charge >= 0.3 is 0 Å². The highest BCUT2D eigenvalue weighted by Crippen LogP contribution is 2.35. The molecule has 0 saturated heterocycles. The number of imidazole rings is 1. The van der Waals surface area contributed by atoms with E-state index in [9.17, 15) is 0 Å². The van der Waals surface area contributed by atoms with Crippen LogP contribution in [-0.4, -0.2) is 15.8 Å². The summed E-state index contributed by atoms with van der Waals surface area (Å²) in [5.41, 5.74) is 6.78. The molecule has 1 N–H and O–H groups in total. The summed E-state index contributed by atoms with van der Waals surface area (Å²) in [6.45, 7) is 3.18. The highest BCUT2D eigenvalue weighted by Gasteiger charge is 2.11. The molecule has 0 saturated carbocycles. The summed E-state index contributed by atoms with van der Waals surface area (Å²) in [6.07, 6.45) is 1.73. The summed E-state index contributed by atoms with van der Waals surface area (Å²) >= 11 is 19.3. The van der Waals surface area contributed by atoms with Crippen LogP contribution in [0.2, 0.25) is 10.0 Å². The molecule has 0 atom stereocenters. The van der Waals surface area contributed by atoms with Gasteiger partial charge in [-0.3, -0.25) is 0 Å². The summed E-state index contributed by atoms with van der Waals surface area (Å²) in [5, 5.41) is 5.53. The maximum Gasteiger partial charge on any atom is 0.224 e. The number of ether oxygens (including phenoxy) is 1. The number of para-hydroxylation sites is 2. The highest BCUT2D eigenvalue weighted by molar-refractivity contribution is 9.11. The standard InChI is InChI=1S/C23H18Br2Cl2N4O/c1-2-31-21-6-4-3-5-20(21)29-23(31)30-28-12-14-9-17(24)22(18(25)10-14)32-13-15-7-8-16(26)11-19(15)27/h3-12H,2,13H2,1H3,(H,29,30)/b28-12-. The van der Waals surface area contributed by atoms with Crippen molar-refractivity contribution in [2.75, 3.05) is 5.43 Å². The first-order valence-electron chi connectivity index (χ1n) is 9.76. The molecular weight excluding hydrogens is 579 g/mol.